The Balaban J connectivity index is 0.00000200. The van der Waals surface area contributed by atoms with E-state index in [1.807, 2.05) is 25.1 Å². The number of morpholine rings is 1. The van der Waals surface area contributed by atoms with E-state index in [0.29, 0.717) is 25.5 Å². The molecule has 0 spiro atoms. The monoisotopic (exact) mass is 336 g/mol. The fourth-order valence-electron chi connectivity index (χ4n) is 1.89. The molecule has 2 heterocycles. The first kappa shape index (κ1) is 19.9. The molecule has 1 atom stereocenters. The summed E-state index contributed by atoms with van der Waals surface area (Å²) in [6, 6.07) is 3.82. The van der Waals surface area contributed by atoms with Crippen molar-refractivity contribution in [2.45, 2.75) is 12.5 Å². The summed E-state index contributed by atoms with van der Waals surface area (Å²) in [5.74, 6) is 0.528. The molecular formula is C13H22Cl2N4O2. The Morgan fingerprint density at radius 1 is 1.48 bits per heavy atom. The molecule has 2 rings (SSSR count). The van der Waals surface area contributed by atoms with Crippen LogP contribution in [0, 0.1) is 0 Å². The van der Waals surface area contributed by atoms with E-state index in [1.54, 1.807) is 12.3 Å². The second-order valence-corrected chi connectivity index (χ2v) is 4.77. The highest BCUT2D eigenvalue weighted by Crippen LogP contribution is 2.12. The van der Waals surface area contributed by atoms with Crippen molar-refractivity contribution >= 4 is 42.2 Å². The number of amides is 1. The molecule has 1 fully saturated rings. The van der Waals surface area contributed by atoms with Crippen molar-refractivity contribution < 1.29 is 9.53 Å². The van der Waals surface area contributed by atoms with Crippen LogP contribution in [-0.2, 0) is 9.53 Å². The summed E-state index contributed by atoms with van der Waals surface area (Å²) in [5.41, 5.74) is 1.00. The van der Waals surface area contributed by atoms with Crippen molar-refractivity contribution in [1.29, 1.82) is 0 Å². The minimum atomic E-state index is -0.0481. The molecule has 1 aromatic heterocycles. The van der Waals surface area contributed by atoms with Gasteiger partial charge in [-0.1, -0.05) is 0 Å². The molecule has 0 saturated carbocycles. The van der Waals surface area contributed by atoms with Gasteiger partial charge in [-0.05, 0) is 12.1 Å². The number of nitrogens with one attached hydrogen (secondary N) is 2. The van der Waals surface area contributed by atoms with E-state index in [4.69, 9.17) is 4.74 Å². The van der Waals surface area contributed by atoms with E-state index >= 15 is 0 Å². The van der Waals surface area contributed by atoms with Crippen LogP contribution in [0.1, 0.15) is 6.42 Å². The van der Waals surface area contributed by atoms with Gasteiger partial charge in [-0.3, -0.25) is 4.79 Å². The summed E-state index contributed by atoms with van der Waals surface area (Å²) in [6.07, 6.45) is 2.13. The van der Waals surface area contributed by atoms with Gasteiger partial charge < -0.3 is 20.3 Å². The molecule has 1 aliphatic rings. The number of ether oxygens (including phenoxy) is 1. The molecule has 1 amide bonds. The van der Waals surface area contributed by atoms with Crippen LogP contribution >= 0.6 is 24.8 Å². The molecule has 0 aromatic carbocycles. The highest BCUT2D eigenvalue weighted by Gasteiger charge is 2.17. The van der Waals surface area contributed by atoms with Crippen molar-refractivity contribution in [2.75, 3.05) is 44.1 Å². The zero-order valence-corrected chi connectivity index (χ0v) is 13.8. The van der Waals surface area contributed by atoms with Gasteiger partial charge in [0.2, 0.25) is 5.91 Å². The molecule has 8 heteroatoms. The Hall–Kier alpha value is -1.08. The highest BCUT2D eigenvalue weighted by atomic mass is 35.5. The molecular weight excluding hydrogens is 315 g/mol. The summed E-state index contributed by atoms with van der Waals surface area (Å²) in [7, 11) is 3.90. The number of carbonyl (C=O) groups excluding carboxylic acids is 1. The third kappa shape index (κ3) is 6.48. The van der Waals surface area contributed by atoms with Crippen molar-refractivity contribution in [3.8, 4) is 0 Å². The number of carbonyl (C=O) groups is 1. The number of hydrogen-bond acceptors (Lipinski definition) is 5. The average Bonchev–Trinajstić information content (AvgIpc) is 2.40. The first-order chi connectivity index (χ1) is 9.15. The van der Waals surface area contributed by atoms with Crippen LogP contribution < -0.4 is 15.5 Å². The predicted molar refractivity (Wildman–Crippen MR) is 88.9 cm³/mol. The summed E-state index contributed by atoms with van der Waals surface area (Å²) >= 11 is 0. The van der Waals surface area contributed by atoms with Gasteiger partial charge in [0.1, 0.15) is 5.82 Å². The lowest BCUT2D eigenvalue weighted by Gasteiger charge is -2.23. The lowest BCUT2D eigenvalue weighted by molar-refractivity contribution is -0.117. The van der Waals surface area contributed by atoms with Gasteiger partial charge in [0.15, 0.2) is 0 Å². The normalized spacial score (nSPS) is 17.1. The molecule has 1 aromatic rings. The van der Waals surface area contributed by atoms with Gasteiger partial charge >= 0.3 is 0 Å². The number of anilines is 2. The van der Waals surface area contributed by atoms with Crippen molar-refractivity contribution in [2.24, 2.45) is 0 Å². The van der Waals surface area contributed by atoms with E-state index in [0.717, 1.165) is 12.2 Å². The van der Waals surface area contributed by atoms with Gasteiger partial charge in [0, 0.05) is 33.1 Å². The third-order valence-corrected chi connectivity index (χ3v) is 2.96. The lowest BCUT2D eigenvalue weighted by atomic mass is 10.2. The molecule has 0 aliphatic carbocycles. The fourth-order valence-corrected chi connectivity index (χ4v) is 1.89. The number of hydrogen-bond donors (Lipinski definition) is 2. The predicted octanol–water partition coefficient (Wildman–Crippen LogP) is 1.31. The van der Waals surface area contributed by atoms with Gasteiger partial charge in [-0.15, -0.1) is 24.8 Å². The molecule has 6 nitrogen and oxygen atoms in total. The summed E-state index contributed by atoms with van der Waals surface area (Å²) in [4.78, 5) is 18.0. The van der Waals surface area contributed by atoms with Crippen LogP contribution in [0.25, 0.3) is 0 Å². The molecule has 21 heavy (non-hydrogen) atoms. The molecule has 1 aliphatic heterocycles. The maximum Gasteiger partial charge on any atom is 0.227 e. The van der Waals surface area contributed by atoms with Crippen LogP contribution in [-0.4, -0.2) is 50.8 Å². The number of rotatable bonds is 4. The summed E-state index contributed by atoms with van der Waals surface area (Å²) < 4.78 is 5.31. The van der Waals surface area contributed by atoms with Gasteiger partial charge in [-0.25, -0.2) is 4.98 Å². The number of halogens is 2. The maximum absolute atomic E-state index is 11.8. The van der Waals surface area contributed by atoms with Crippen LogP contribution in [0.2, 0.25) is 0 Å². The Bertz CT molecular complexity index is 423. The van der Waals surface area contributed by atoms with Gasteiger partial charge in [0.25, 0.3) is 0 Å². The van der Waals surface area contributed by atoms with E-state index in [-0.39, 0.29) is 36.8 Å². The Labute approximate surface area is 137 Å². The minimum Gasteiger partial charge on any atom is -0.378 e. The smallest absolute Gasteiger partial charge is 0.227 e. The molecule has 2 N–H and O–H groups in total. The molecule has 1 saturated heterocycles. The second kappa shape index (κ2) is 9.78. The molecule has 1 unspecified atom stereocenters. The fraction of sp³-hybridized carbons (Fsp3) is 0.538. The topological polar surface area (TPSA) is 66.5 Å². The van der Waals surface area contributed by atoms with Crippen LogP contribution in [0.5, 0.6) is 0 Å². The Morgan fingerprint density at radius 3 is 2.76 bits per heavy atom. The first-order valence-electron chi connectivity index (χ1n) is 6.39. The molecule has 0 radical (unpaired) electrons. The molecule has 0 bridgehead atoms. The van der Waals surface area contributed by atoms with Crippen LogP contribution in [0.15, 0.2) is 18.3 Å². The number of nitrogens with zero attached hydrogens (tertiary/aromatic N) is 2. The Kier molecular flexibility index (Phi) is 9.28. The standard InChI is InChI=1S/C13H20N4O2.2ClH/c1-17(2)11-3-4-12(15-8-11)16-13(18)7-10-9-19-6-5-14-10;;/h3-4,8,10,14H,5-7,9H2,1-2H3,(H,15,16,18);2*1H. The third-order valence-electron chi connectivity index (χ3n) is 2.96. The van der Waals surface area contributed by atoms with Crippen molar-refractivity contribution in [1.82, 2.24) is 10.3 Å². The van der Waals surface area contributed by atoms with Crippen molar-refractivity contribution in [3.05, 3.63) is 18.3 Å². The molecule has 120 valence electrons. The zero-order chi connectivity index (χ0) is 13.7. The average molecular weight is 337 g/mol. The zero-order valence-electron chi connectivity index (χ0n) is 12.2. The van der Waals surface area contributed by atoms with Crippen LogP contribution in [0.4, 0.5) is 11.5 Å². The quantitative estimate of drug-likeness (QED) is 0.867. The highest BCUT2D eigenvalue weighted by molar-refractivity contribution is 5.90. The maximum atomic E-state index is 11.8. The minimum absolute atomic E-state index is 0. The van der Waals surface area contributed by atoms with E-state index < -0.39 is 0 Å². The van der Waals surface area contributed by atoms with E-state index in [9.17, 15) is 4.79 Å². The first-order valence-corrected chi connectivity index (χ1v) is 6.39. The Morgan fingerprint density at radius 2 is 2.24 bits per heavy atom. The van der Waals surface area contributed by atoms with Gasteiger partial charge in [0.05, 0.1) is 25.1 Å². The SMILES string of the molecule is CN(C)c1ccc(NC(=O)CC2COCCN2)nc1.Cl.Cl. The van der Waals surface area contributed by atoms with Crippen molar-refractivity contribution in [3.63, 3.8) is 0 Å². The summed E-state index contributed by atoms with van der Waals surface area (Å²) in [5, 5.41) is 6.04. The van der Waals surface area contributed by atoms with E-state index in [1.165, 1.54) is 0 Å². The van der Waals surface area contributed by atoms with Gasteiger partial charge in [-0.2, -0.15) is 0 Å². The van der Waals surface area contributed by atoms with Crippen LogP contribution in [0.3, 0.4) is 0 Å². The number of pyridine rings is 1. The lowest BCUT2D eigenvalue weighted by Crippen LogP contribution is -2.43. The summed E-state index contributed by atoms with van der Waals surface area (Å²) in [6.45, 7) is 2.10. The number of aromatic nitrogens is 1. The second-order valence-electron chi connectivity index (χ2n) is 4.77. The van der Waals surface area contributed by atoms with E-state index in [2.05, 4.69) is 15.6 Å². The largest absolute Gasteiger partial charge is 0.378 e.